The van der Waals surface area contributed by atoms with Crippen LogP contribution >= 0.6 is 0 Å². The molecule has 0 saturated heterocycles. The molecule has 25 heavy (non-hydrogen) atoms. The Balaban J connectivity index is 1.65. The number of para-hydroxylation sites is 2. The summed E-state index contributed by atoms with van der Waals surface area (Å²) in [6.07, 6.45) is -4.51. The first kappa shape index (κ1) is 17.0. The number of nitrogens with zero attached hydrogens (tertiary/aromatic N) is 2. The number of halogens is 3. The first-order chi connectivity index (χ1) is 11.9. The number of hydroxylamine groups is 1. The van der Waals surface area contributed by atoms with Crippen LogP contribution in [-0.4, -0.2) is 15.5 Å². The summed E-state index contributed by atoms with van der Waals surface area (Å²) in [6, 6.07) is 11.6. The number of fused-ring (bicyclic) bond motifs is 1. The number of alkyl halides is 3. The number of carbonyl (C=O) groups excluding carboxylic acids is 1. The molecule has 0 aliphatic heterocycles. The van der Waals surface area contributed by atoms with Crippen LogP contribution in [0.25, 0.3) is 11.0 Å². The van der Waals surface area contributed by atoms with Gasteiger partial charge >= 0.3 is 6.18 Å². The van der Waals surface area contributed by atoms with Gasteiger partial charge in [0.05, 0.1) is 16.6 Å². The molecule has 0 spiro atoms. The zero-order valence-electron chi connectivity index (χ0n) is 13.2. The van der Waals surface area contributed by atoms with Gasteiger partial charge in [0.1, 0.15) is 12.4 Å². The predicted octanol–water partition coefficient (Wildman–Crippen LogP) is 3.45. The Morgan fingerprint density at radius 3 is 2.68 bits per heavy atom. The largest absolute Gasteiger partial charge is 0.416 e. The Morgan fingerprint density at radius 1 is 1.20 bits per heavy atom. The number of carbonyl (C=O) groups is 1. The van der Waals surface area contributed by atoms with Crippen molar-refractivity contribution in [3.05, 3.63) is 65.5 Å². The monoisotopic (exact) mass is 349 g/mol. The molecule has 1 N–H and O–H groups in total. The van der Waals surface area contributed by atoms with Gasteiger partial charge in [0.2, 0.25) is 0 Å². The molecule has 5 nitrogen and oxygen atoms in total. The van der Waals surface area contributed by atoms with Gasteiger partial charge in [0, 0.05) is 12.6 Å². The molecular weight excluding hydrogens is 335 g/mol. The summed E-state index contributed by atoms with van der Waals surface area (Å²) in [5.74, 6) is -0.185. The highest BCUT2D eigenvalue weighted by atomic mass is 19.4. The Morgan fingerprint density at radius 2 is 1.96 bits per heavy atom. The van der Waals surface area contributed by atoms with E-state index in [4.69, 9.17) is 4.84 Å². The number of rotatable bonds is 4. The van der Waals surface area contributed by atoms with Gasteiger partial charge in [-0.25, -0.2) is 10.5 Å². The van der Waals surface area contributed by atoms with Gasteiger partial charge < -0.3 is 4.57 Å². The van der Waals surface area contributed by atoms with E-state index in [0.717, 1.165) is 23.2 Å². The normalized spacial score (nSPS) is 11.7. The molecule has 130 valence electrons. The zero-order valence-corrected chi connectivity index (χ0v) is 13.2. The third-order valence-electron chi connectivity index (χ3n) is 3.70. The summed E-state index contributed by atoms with van der Waals surface area (Å²) in [4.78, 5) is 21.4. The van der Waals surface area contributed by atoms with Crippen LogP contribution < -0.4 is 5.48 Å². The number of benzene rings is 2. The van der Waals surface area contributed by atoms with Crippen LogP contribution in [0.15, 0.2) is 48.5 Å². The molecule has 1 aromatic heterocycles. The number of amides is 1. The smallest absolute Gasteiger partial charge is 0.329 e. The molecule has 8 heteroatoms. The summed E-state index contributed by atoms with van der Waals surface area (Å²) >= 11 is 0. The predicted molar refractivity (Wildman–Crippen MR) is 84.4 cm³/mol. The molecule has 0 saturated carbocycles. The maximum atomic E-state index is 12.7. The molecule has 0 aliphatic rings. The molecule has 0 radical (unpaired) electrons. The number of aryl methyl sites for hydroxylation is 1. The van der Waals surface area contributed by atoms with E-state index in [1.165, 1.54) is 12.1 Å². The summed E-state index contributed by atoms with van der Waals surface area (Å²) in [5.41, 5.74) is 2.80. The van der Waals surface area contributed by atoms with Crippen molar-refractivity contribution in [2.45, 2.75) is 12.8 Å². The molecule has 3 aromatic rings. The van der Waals surface area contributed by atoms with Crippen LogP contribution in [0.5, 0.6) is 0 Å². The van der Waals surface area contributed by atoms with Crippen molar-refractivity contribution in [3.63, 3.8) is 0 Å². The number of aromatic nitrogens is 2. The average Bonchev–Trinajstić information content (AvgIpc) is 2.91. The summed E-state index contributed by atoms with van der Waals surface area (Å²) < 4.78 is 39.8. The SMILES string of the molecule is Cn1c(CONC(=O)c2cccc(C(F)(F)F)c2)nc2ccccc21. The molecule has 1 amide bonds. The molecule has 0 fully saturated rings. The highest BCUT2D eigenvalue weighted by Gasteiger charge is 2.30. The molecule has 0 atom stereocenters. The third-order valence-corrected chi connectivity index (χ3v) is 3.70. The first-order valence-electron chi connectivity index (χ1n) is 7.36. The minimum absolute atomic E-state index is 0.0180. The van der Waals surface area contributed by atoms with E-state index in [2.05, 4.69) is 10.5 Å². The van der Waals surface area contributed by atoms with Crippen molar-refractivity contribution in [3.8, 4) is 0 Å². The summed E-state index contributed by atoms with van der Waals surface area (Å²) in [6.45, 7) is -0.0180. The molecule has 0 bridgehead atoms. The van der Waals surface area contributed by atoms with E-state index in [1.54, 1.807) is 0 Å². The van der Waals surface area contributed by atoms with Gasteiger partial charge in [-0.1, -0.05) is 18.2 Å². The van der Waals surface area contributed by atoms with E-state index in [1.807, 2.05) is 35.9 Å². The first-order valence-corrected chi connectivity index (χ1v) is 7.36. The van der Waals surface area contributed by atoms with E-state index >= 15 is 0 Å². The third kappa shape index (κ3) is 3.63. The second kappa shape index (κ2) is 6.56. The molecule has 0 aliphatic carbocycles. The van der Waals surface area contributed by atoms with Crippen molar-refractivity contribution in [2.24, 2.45) is 7.05 Å². The molecular formula is C17H14F3N3O2. The van der Waals surface area contributed by atoms with Gasteiger partial charge in [0.15, 0.2) is 0 Å². The van der Waals surface area contributed by atoms with E-state index in [9.17, 15) is 18.0 Å². The summed E-state index contributed by atoms with van der Waals surface area (Å²) in [5, 5.41) is 0. The highest BCUT2D eigenvalue weighted by Crippen LogP contribution is 2.29. The maximum Gasteiger partial charge on any atom is 0.416 e. The minimum Gasteiger partial charge on any atom is -0.329 e. The van der Waals surface area contributed by atoms with Crippen molar-refractivity contribution < 1.29 is 22.8 Å². The van der Waals surface area contributed by atoms with E-state index in [0.29, 0.717) is 5.82 Å². The van der Waals surface area contributed by atoms with Gasteiger partial charge in [-0.05, 0) is 30.3 Å². The van der Waals surface area contributed by atoms with Gasteiger partial charge in [0.25, 0.3) is 5.91 Å². The summed E-state index contributed by atoms with van der Waals surface area (Å²) in [7, 11) is 1.81. The Kier molecular flexibility index (Phi) is 4.45. The fraction of sp³-hybridized carbons (Fsp3) is 0.176. The topological polar surface area (TPSA) is 56.1 Å². The fourth-order valence-corrected chi connectivity index (χ4v) is 2.39. The lowest BCUT2D eigenvalue weighted by Crippen LogP contribution is -2.24. The molecule has 0 unspecified atom stereocenters. The van der Waals surface area contributed by atoms with Crippen molar-refractivity contribution in [2.75, 3.05) is 0 Å². The van der Waals surface area contributed by atoms with Crippen molar-refractivity contribution in [1.82, 2.24) is 15.0 Å². The fourth-order valence-electron chi connectivity index (χ4n) is 2.39. The Labute approximate surface area is 141 Å². The number of hydrogen-bond acceptors (Lipinski definition) is 3. The maximum absolute atomic E-state index is 12.7. The number of nitrogens with one attached hydrogen (secondary N) is 1. The minimum atomic E-state index is -4.51. The second-order valence-corrected chi connectivity index (χ2v) is 5.37. The second-order valence-electron chi connectivity index (χ2n) is 5.37. The lowest BCUT2D eigenvalue weighted by atomic mass is 10.1. The highest BCUT2D eigenvalue weighted by molar-refractivity contribution is 5.93. The van der Waals surface area contributed by atoms with Gasteiger partial charge in [-0.15, -0.1) is 0 Å². The van der Waals surface area contributed by atoms with Crippen LogP contribution in [0.4, 0.5) is 13.2 Å². The molecule has 3 rings (SSSR count). The Hall–Kier alpha value is -2.87. The van der Waals surface area contributed by atoms with Crippen LogP contribution in [0.1, 0.15) is 21.7 Å². The quantitative estimate of drug-likeness (QED) is 0.734. The Bertz CT molecular complexity index is 919. The van der Waals surface area contributed by atoms with E-state index < -0.39 is 17.6 Å². The van der Waals surface area contributed by atoms with Crippen LogP contribution in [0.2, 0.25) is 0 Å². The van der Waals surface area contributed by atoms with Crippen LogP contribution in [-0.2, 0) is 24.7 Å². The van der Waals surface area contributed by atoms with E-state index in [-0.39, 0.29) is 12.2 Å². The number of imidazole rings is 1. The standard InChI is InChI=1S/C17H14F3N3O2/c1-23-14-8-3-2-7-13(14)21-15(23)10-25-22-16(24)11-5-4-6-12(9-11)17(18,19)20/h2-9H,10H2,1H3,(H,22,24). The number of hydrogen-bond donors (Lipinski definition) is 1. The zero-order chi connectivity index (χ0) is 18.0. The average molecular weight is 349 g/mol. The van der Waals surface area contributed by atoms with Gasteiger partial charge in [-0.2, -0.15) is 13.2 Å². The lowest BCUT2D eigenvalue weighted by Gasteiger charge is -2.09. The van der Waals surface area contributed by atoms with Crippen LogP contribution in [0, 0.1) is 0 Å². The van der Waals surface area contributed by atoms with Crippen LogP contribution in [0.3, 0.4) is 0 Å². The lowest BCUT2D eigenvalue weighted by molar-refractivity contribution is -0.137. The van der Waals surface area contributed by atoms with Crippen molar-refractivity contribution in [1.29, 1.82) is 0 Å². The molecule has 1 heterocycles. The van der Waals surface area contributed by atoms with Crippen molar-refractivity contribution >= 4 is 16.9 Å². The van der Waals surface area contributed by atoms with Gasteiger partial charge in [-0.3, -0.25) is 9.63 Å². The molecule has 2 aromatic carbocycles.